The Morgan fingerprint density at radius 2 is 2.05 bits per heavy atom. The molecule has 7 nitrogen and oxygen atoms in total. The highest BCUT2D eigenvalue weighted by Crippen LogP contribution is 2.11. The first-order valence-electron chi connectivity index (χ1n) is 5.88. The number of aromatic nitrogens is 4. The van der Waals surface area contributed by atoms with E-state index in [1.807, 2.05) is 33.3 Å². The Bertz CT molecular complexity index is 568. The quantitative estimate of drug-likeness (QED) is 0.840. The topological polar surface area (TPSA) is 92.8 Å². The fourth-order valence-corrected chi connectivity index (χ4v) is 1.53. The van der Waals surface area contributed by atoms with Crippen LogP contribution >= 0.6 is 0 Å². The van der Waals surface area contributed by atoms with Crippen molar-refractivity contribution >= 4 is 17.8 Å². The lowest BCUT2D eigenvalue weighted by Gasteiger charge is -2.12. The van der Waals surface area contributed by atoms with E-state index in [1.54, 1.807) is 11.1 Å². The minimum Gasteiger partial charge on any atom is -0.368 e. The summed E-state index contributed by atoms with van der Waals surface area (Å²) >= 11 is 0. The maximum atomic E-state index is 5.66. The number of rotatable bonds is 4. The molecular formula is C12H17N7. The number of nitrogens with zero attached hydrogens (tertiary/aromatic N) is 5. The van der Waals surface area contributed by atoms with Gasteiger partial charge in [-0.25, -0.2) is 0 Å². The van der Waals surface area contributed by atoms with Crippen molar-refractivity contribution in [3.8, 4) is 0 Å². The van der Waals surface area contributed by atoms with E-state index in [0.717, 1.165) is 11.1 Å². The van der Waals surface area contributed by atoms with Crippen LogP contribution in [-0.2, 0) is 6.54 Å². The summed E-state index contributed by atoms with van der Waals surface area (Å²) in [6.45, 7) is 2.63. The van der Waals surface area contributed by atoms with E-state index < -0.39 is 0 Å². The van der Waals surface area contributed by atoms with Gasteiger partial charge in [0.2, 0.25) is 17.8 Å². The minimum absolute atomic E-state index is 0.202. The normalized spacial score (nSPS) is 10.3. The van der Waals surface area contributed by atoms with E-state index in [0.29, 0.717) is 18.4 Å². The largest absolute Gasteiger partial charge is 0.368 e. The molecule has 0 fully saturated rings. The van der Waals surface area contributed by atoms with E-state index in [9.17, 15) is 0 Å². The first-order valence-corrected chi connectivity index (χ1v) is 5.88. The van der Waals surface area contributed by atoms with Gasteiger partial charge < -0.3 is 16.0 Å². The third-order valence-electron chi connectivity index (χ3n) is 2.61. The number of anilines is 3. The number of hydrogen-bond donors (Lipinski definition) is 2. The number of nitrogens with two attached hydrogens (primary N) is 1. The molecule has 0 unspecified atom stereocenters. The van der Waals surface area contributed by atoms with Crippen LogP contribution in [0.15, 0.2) is 18.5 Å². The molecule has 2 aromatic heterocycles. The van der Waals surface area contributed by atoms with E-state index in [1.165, 1.54) is 0 Å². The number of aryl methyl sites for hydroxylation is 1. The standard InChI is InChI=1S/C12H17N7/c1-8-6-14-5-4-9(8)7-15-11-16-10(13)17-12(18-11)19(2)3/h4-6H,7H2,1-3H3,(H3,13,15,16,17,18). The zero-order chi connectivity index (χ0) is 13.8. The van der Waals surface area contributed by atoms with E-state index in [2.05, 4.69) is 25.3 Å². The van der Waals surface area contributed by atoms with Crippen molar-refractivity contribution in [1.82, 2.24) is 19.9 Å². The Morgan fingerprint density at radius 3 is 2.74 bits per heavy atom. The Morgan fingerprint density at radius 1 is 1.26 bits per heavy atom. The van der Waals surface area contributed by atoms with E-state index in [4.69, 9.17) is 5.73 Å². The van der Waals surface area contributed by atoms with Crippen molar-refractivity contribution in [1.29, 1.82) is 0 Å². The van der Waals surface area contributed by atoms with Crippen molar-refractivity contribution in [2.75, 3.05) is 30.0 Å². The average Bonchev–Trinajstić information content (AvgIpc) is 2.37. The zero-order valence-corrected chi connectivity index (χ0v) is 11.3. The highest BCUT2D eigenvalue weighted by molar-refractivity contribution is 5.41. The molecule has 0 aliphatic heterocycles. The molecule has 0 atom stereocenters. The maximum Gasteiger partial charge on any atom is 0.231 e. The van der Waals surface area contributed by atoms with Gasteiger partial charge in [-0.05, 0) is 24.1 Å². The number of nitrogens with one attached hydrogen (secondary N) is 1. The number of nitrogen functional groups attached to an aromatic ring is 1. The summed E-state index contributed by atoms with van der Waals surface area (Å²) in [5, 5.41) is 3.14. The Labute approximate surface area is 111 Å². The minimum atomic E-state index is 0.202. The Hall–Kier alpha value is -2.44. The molecule has 7 heteroatoms. The maximum absolute atomic E-state index is 5.66. The van der Waals surface area contributed by atoms with Crippen LogP contribution in [0.5, 0.6) is 0 Å². The zero-order valence-electron chi connectivity index (χ0n) is 11.3. The molecule has 0 aliphatic rings. The summed E-state index contributed by atoms with van der Waals surface area (Å²) in [7, 11) is 3.71. The van der Waals surface area contributed by atoms with Gasteiger partial charge in [0.25, 0.3) is 0 Å². The van der Waals surface area contributed by atoms with Gasteiger partial charge in [-0.15, -0.1) is 0 Å². The van der Waals surface area contributed by atoms with Crippen molar-refractivity contribution in [2.24, 2.45) is 0 Å². The molecule has 0 saturated carbocycles. The third kappa shape index (κ3) is 3.27. The third-order valence-corrected chi connectivity index (χ3v) is 2.61. The monoisotopic (exact) mass is 259 g/mol. The smallest absolute Gasteiger partial charge is 0.231 e. The molecule has 0 radical (unpaired) electrons. The van der Waals surface area contributed by atoms with Gasteiger partial charge in [-0.1, -0.05) is 0 Å². The molecule has 0 aromatic carbocycles. The molecule has 0 saturated heterocycles. The average molecular weight is 259 g/mol. The summed E-state index contributed by atoms with van der Waals surface area (Å²) in [5.41, 5.74) is 7.91. The van der Waals surface area contributed by atoms with Crippen LogP contribution < -0.4 is 16.0 Å². The van der Waals surface area contributed by atoms with Gasteiger partial charge in [-0.3, -0.25) is 4.98 Å². The van der Waals surface area contributed by atoms with Gasteiger partial charge >= 0.3 is 0 Å². The van der Waals surface area contributed by atoms with E-state index in [-0.39, 0.29) is 5.95 Å². The summed E-state index contributed by atoms with van der Waals surface area (Å²) in [5.74, 6) is 1.20. The second-order valence-corrected chi connectivity index (χ2v) is 4.37. The molecule has 2 heterocycles. The van der Waals surface area contributed by atoms with Crippen molar-refractivity contribution in [3.05, 3.63) is 29.6 Å². The predicted octanol–water partition coefficient (Wildman–Crippen LogP) is 0.835. The highest BCUT2D eigenvalue weighted by atomic mass is 15.3. The van der Waals surface area contributed by atoms with Crippen LogP contribution in [0.25, 0.3) is 0 Å². The van der Waals surface area contributed by atoms with E-state index >= 15 is 0 Å². The van der Waals surface area contributed by atoms with Crippen LogP contribution in [0, 0.1) is 6.92 Å². The number of hydrogen-bond acceptors (Lipinski definition) is 7. The summed E-state index contributed by atoms with van der Waals surface area (Å²) in [6.07, 6.45) is 3.58. The van der Waals surface area contributed by atoms with Crippen molar-refractivity contribution in [2.45, 2.75) is 13.5 Å². The fraction of sp³-hybridized carbons (Fsp3) is 0.333. The lowest BCUT2D eigenvalue weighted by atomic mass is 10.1. The van der Waals surface area contributed by atoms with Gasteiger partial charge in [0, 0.05) is 33.0 Å². The molecule has 100 valence electrons. The second kappa shape index (κ2) is 5.47. The summed E-state index contributed by atoms with van der Waals surface area (Å²) in [6, 6.07) is 1.96. The molecule has 0 amide bonds. The lowest BCUT2D eigenvalue weighted by Crippen LogP contribution is -2.16. The predicted molar refractivity (Wildman–Crippen MR) is 74.9 cm³/mol. The highest BCUT2D eigenvalue weighted by Gasteiger charge is 2.06. The van der Waals surface area contributed by atoms with Crippen LogP contribution in [0.2, 0.25) is 0 Å². The van der Waals surface area contributed by atoms with Crippen LogP contribution in [-0.4, -0.2) is 34.0 Å². The second-order valence-electron chi connectivity index (χ2n) is 4.37. The van der Waals surface area contributed by atoms with Crippen LogP contribution in [0.3, 0.4) is 0 Å². The van der Waals surface area contributed by atoms with Gasteiger partial charge in [0.1, 0.15) is 0 Å². The molecule has 0 bridgehead atoms. The van der Waals surface area contributed by atoms with Crippen molar-refractivity contribution < 1.29 is 0 Å². The molecule has 3 N–H and O–H groups in total. The molecule has 19 heavy (non-hydrogen) atoms. The molecule has 2 aromatic rings. The summed E-state index contributed by atoms with van der Waals surface area (Å²) in [4.78, 5) is 18.2. The molecule has 0 spiro atoms. The van der Waals surface area contributed by atoms with Crippen LogP contribution in [0.1, 0.15) is 11.1 Å². The first kappa shape index (κ1) is 13.0. The molecule has 0 aliphatic carbocycles. The van der Waals surface area contributed by atoms with Crippen molar-refractivity contribution in [3.63, 3.8) is 0 Å². The Kier molecular flexibility index (Phi) is 3.74. The fourth-order valence-electron chi connectivity index (χ4n) is 1.53. The first-order chi connectivity index (χ1) is 9.06. The molecular weight excluding hydrogens is 242 g/mol. The van der Waals surface area contributed by atoms with Gasteiger partial charge in [0.05, 0.1) is 0 Å². The SMILES string of the molecule is Cc1cnccc1CNc1nc(N)nc(N(C)C)n1. The number of pyridine rings is 1. The summed E-state index contributed by atoms with van der Waals surface area (Å²) < 4.78 is 0. The van der Waals surface area contributed by atoms with Gasteiger partial charge in [0.15, 0.2) is 0 Å². The lowest BCUT2D eigenvalue weighted by molar-refractivity contribution is 0.947. The van der Waals surface area contributed by atoms with Gasteiger partial charge in [-0.2, -0.15) is 15.0 Å². The molecule has 2 rings (SSSR count). The Balaban J connectivity index is 2.14. The van der Waals surface area contributed by atoms with Crippen LogP contribution in [0.4, 0.5) is 17.8 Å².